The third kappa shape index (κ3) is 15.9. The molecule has 4 aromatic rings. The molecule has 0 unspecified atom stereocenters. The average Bonchev–Trinajstić information content (AvgIpc) is 3.17. The van der Waals surface area contributed by atoms with Gasteiger partial charge >= 0.3 is 16.5 Å². The van der Waals surface area contributed by atoms with Gasteiger partial charge in [0.1, 0.15) is 11.5 Å². The summed E-state index contributed by atoms with van der Waals surface area (Å²) < 4.78 is 9.17. The normalized spacial score (nSPS) is 11.7. The van der Waals surface area contributed by atoms with Crippen LogP contribution < -0.4 is 19.7 Å². The molecule has 4 rings (SSSR count). The number of aryl methyl sites for hydroxylation is 2. The number of nitrogens with zero attached hydrogens (tertiary/aromatic N) is 2. The number of ether oxygens (including phenoxy) is 2. The van der Waals surface area contributed by atoms with Crippen molar-refractivity contribution in [1.29, 1.82) is 0 Å². The Morgan fingerprint density at radius 3 is 1.19 bits per heavy atom. The fourth-order valence-electron chi connectivity index (χ4n) is 6.97. The van der Waals surface area contributed by atoms with Crippen molar-refractivity contribution in [1.82, 2.24) is 0 Å². The number of carbonyl (C=O) groups is 2. The topological polar surface area (TPSA) is 164 Å². The predicted molar refractivity (Wildman–Crippen MR) is 250 cm³/mol. The summed E-state index contributed by atoms with van der Waals surface area (Å²) >= 11 is 0. The van der Waals surface area contributed by atoms with E-state index in [-0.39, 0.29) is 63.2 Å². The molecule has 63 heavy (non-hydrogen) atoms. The second kappa shape index (κ2) is 25.8. The van der Waals surface area contributed by atoms with E-state index in [0.717, 1.165) is 35.6 Å². The van der Waals surface area contributed by atoms with Crippen LogP contribution >= 0.6 is 0 Å². The van der Waals surface area contributed by atoms with E-state index >= 15 is 0 Å². The first kappa shape index (κ1) is 55.9. The van der Waals surface area contributed by atoms with E-state index in [9.17, 15) is 30.0 Å². The molecule has 0 aliphatic rings. The van der Waals surface area contributed by atoms with E-state index in [4.69, 9.17) is 9.98 Å². The van der Waals surface area contributed by atoms with Crippen LogP contribution in [-0.2, 0) is 16.5 Å². The molecule has 0 fully saturated rings. The van der Waals surface area contributed by atoms with Crippen LogP contribution in [-0.4, -0.2) is 33.9 Å². The van der Waals surface area contributed by atoms with Crippen molar-refractivity contribution in [2.45, 2.75) is 159 Å². The Hall–Kier alpha value is -5.15. The van der Waals surface area contributed by atoms with Gasteiger partial charge in [-0.25, -0.2) is 0 Å². The number of phenolic OH excluding ortho intramolecular Hbond substituents is 2. The third-order valence-corrected chi connectivity index (χ3v) is 10.5. The van der Waals surface area contributed by atoms with Crippen LogP contribution in [0.15, 0.2) is 70.6 Å². The van der Waals surface area contributed by atoms with Gasteiger partial charge in [0.25, 0.3) is 12.3 Å². The quantitative estimate of drug-likeness (QED) is 0.0579. The molecule has 0 aliphatic heterocycles. The molecule has 10 nitrogen and oxygen atoms in total. The second-order valence-electron chi connectivity index (χ2n) is 17.5. The van der Waals surface area contributed by atoms with Gasteiger partial charge in [-0.15, -0.1) is 0 Å². The van der Waals surface area contributed by atoms with Crippen LogP contribution in [0.2, 0.25) is 0 Å². The molecule has 346 valence electrons. The van der Waals surface area contributed by atoms with Gasteiger partial charge in [0, 0.05) is 0 Å². The van der Waals surface area contributed by atoms with Gasteiger partial charge in [-0.1, -0.05) is 157 Å². The number of carboxylic acid groups (broad SMARTS) is 2. The molecule has 0 radical (unpaired) electrons. The Morgan fingerprint density at radius 1 is 0.540 bits per heavy atom. The van der Waals surface area contributed by atoms with Gasteiger partial charge < -0.3 is 39.5 Å². The maximum Gasteiger partial charge on any atom is 2.00 e. The summed E-state index contributed by atoms with van der Waals surface area (Å²) in [6.07, 6.45) is -1.34. The van der Waals surface area contributed by atoms with Gasteiger partial charge in [0.15, 0.2) is 0 Å². The van der Waals surface area contributed by atoms with Crippen LogP contribution in [0.25, 0.3) is 0 Å². The molecule has 0 heterocycles. The molecule has 0 atom stereocenters. The van der Waals surface area contributed by atoms with Crippen LogP contribution in [0.1, 0.15) is 190 Å². The first-order chi connectivity index (χ1) is 28.9. The number of para-hydroxylation sites is 2. The van der Waals surface area contributed by atoms with Gasteiger partial charge in [-0.05, 0) is 107 Å². The Labute approximate surface area is 386 Å². The van der Waals surface area contributed by atoms with Gasteiger partial charge in [-0.2, -0.15) is 0 Å². The molecule has 2 N–H and O–H groups in total. The zero-order valence-electron chi connectivity index (χ0n) is 40.2. The molecule has 0 aromatic heterocycles. The van der Waals surface area contributed by atoms with E-state index < -0.39 is 12.3 Å². The molecule has 0 bridgehead atoms. The zero-order valence-corrected chi connectivity index (χ0v) is 41.2. The van der Waals surface area contributed by atoms with Crippen molar-refractivity contribution in [3.63, 3.8) is 0 Å². The second-order valence-corrected chi connectivity index (χ2v) is 17.5. The number of rotatable bonds is 13. The van der Waals surface area contributed by atoms with E-state index in [1.54, 1.807) is 24.3 Å². The van der Waals surface area contributed by atoms with Crippen LogP contribution in [0, 0.1) is 13.8 Å². The predicted octanol–water partition coefficient (Wildman–Crippen LogP) is 12.9. The number of aliphatic imine (C=N–C) groups is 2. The number of carbonyl (C=O) groups excluding carboxylic acids is 2. The van der Waals surface area contributed by atoms with Gasteiger partial charge in [0.2, 0.25) is 0 Å². The van der Waals surface area contributed by atoms with Crippen LogP contribution in [0.3, 0.4) is 0 Å². The SMILES string of the molecule is CC(C)c1ccc(C(C)C)c(OC(=O)[O-])c1O.CC(C)c1ccc(C(C)C)c(OC(=O)[O-])c1O.CCCC(=Nc1c(C(C)C)cccc1C(C)C)C(C)=Nc1c(C)cccc1C.[Ni+2]. The zero-order chi connectivity index (χ0) is 47.2. The van der Waals surface area contributed by atoms with Crippen molar-refractivity contribution in [3.05, 3.63) is 105 Å². The van der Waals surface area contributed by atoms with Crippen molar-refractivity contribution in [3.8, 4) is 23.0 Å². The number of phenols is 2. The average molecular weight is 910 g/mol. The summed E-state index contributed by atoms with van der Waals surface area (Å²) in [5.74, 6) is 0.907. The van der Waals surface area contributed by atoms with E-state index in [0.29, 0.717) is 34.1 Å². The first-order valence-electron chi connectivity index (χ1n) is 21.8. The van der Waals surface area contributed by atoms with E-state index in [1.165, 1.54) is 22.3 Å². The maximum absolute atomic E-state index is 10.5. The Bertz CT molecular complexity index is 2070. The Kier molecular flexibility index (Phi) is 22.9. The van der Waals surface area contributed by atoms with Gasteiger partial charge in [-0.3, -0.25) is 9.98 Å². The van der Waals surface area contributed by atoms with Crippen LogP contribution in [0.4, 0.5) is 21.0 Å². The molecular weight excluding hydrogens is 839 g/mol. The molecule has 0 saturated heterocycles. The molecule has 0 amide bonds. The molecule has 4 aromatic carbocycles. The Balaban J connectivity index is 0.000000494. The fraction of sp³-hybridized carbons (Fsp3) is 0.462. The standard InChI is InChI=1S/C26H36N2.2C13H18O4.Ni/c1-9-12-24(21(8)27-25-19(6)13-10-14-20(25)7)28-26-22(17(2)3)15-11-16-23(26)18(4)5;2*1-7(2)9-5-6-10(8(3)4)12(11(9)14)17-13(15)16;/h10-11,13-18H,9,12H2,1-8H3;2*5-8,14H,1-4H3,(H,15,16);/q;;;+2/p-2. The maximum atomic E-state index is 10.5. The van der Waals surface area contributed by atoms with Crippen molar-refractivity contribution in [2.24, 2.45) is 9.98 Å². The van der Waals surface area contributed by atoms with Crippen molar-refractivity contribution >= 4 is 35.1 Å². The molecule has 0 saturated carbocycles. The summed E-state index contributed by atoms with van der Waals surface area (Å²) in [6.45, 7) is 32.8. The van der Waals surface area contributed by atoms with Crippen LogP contribution in [0.5, 0.6) is 23.0 Å². The minimum atomic E-state index is -1.66. The number of benzene rings is 4. The number of hydrogen-bond acceptors (Lipinski definition) is 10. The summed E-state index contributed by atoms with van der Waals surface area (Å²) in [5.41, 5.74) is 12.0. The van der Waals surface area contributed by atoms with Crippen molar-refractivity contribution in [2.75, 3.05) is 0 Å². The Morgan fingerprint density at radius 2 is 0.873 bits per heavy atom. The first-order valence-corrected chi connectivity index (χ1v) is 21.8. The molecule has 11 heteroatoms. The van der Waals surface area contributed by atoms with Gasteiger partial charge in [0.05, 0.1) is 34.3 Å². The smallest absolute Gasteiger partial charge is 0.510 e. The number of aromatic hydroxyl groups is 2. The van der Waals surface area contributed by atoms with Crippen molar-refractivity contribution < 1.29 is 56.0 Å². The fourth-order valence-corrected chi connectivity index (χ4v) is 6.97. The largest absolute Gasteiger partial charge is 2.00 e. The number of hydrogen-bond donors (Lipinski definition) is 2. The summed E-state index contributed by atoms with van der Waals surface area (Å²) in [5, 5.41) is 41.1. The minimum absolute atomic E-state index is 0. The van der Waals surface area contributed by atoms with E-state index in [2.05, 4.69) is 101 Å². The van der Waals surface area contributed by atoms with E-state index in [1.807, 2.05) is 55.4 Å². The summed E-state index contributed by atoms with van der Waals surface area (Å²) in [4.78, 5) is 31.3. The monoisotopic (exact) mass is 908 g/mol. The minimum Gasteiger partial charge on any atom is -0.510 e. The summed E-state index contributed by atoms with van der Waals surface area (Å²) in [7, 11) is 0. The summed E-state index contributed by atoms with van der Waals surface area (Å²) in [6, 6.07) is 20.1. The molecule has 0 spiro atoms. The third-order valence-electron chi connectivity index (χ3n) is 10.5. The molecule has 0 aliphatic carbocycles. The molecular formula is C52H70N2NiO8.